The van der Waals surface area contributed by atoms with E-state index in [1.165, 1.54) is 6.20 Å². The molecule has 0 unspecified atom stereocenters. The van der Waals surface area contributed by atoms with E-state index < -0.39 is 5.91 Å². The van der Waals surface area contributed by atoms with Crippen molar-refractivity contribution in [3.63, 3.8) is 0 Å². The van der Waals surface area contributed by atoms with Crippen LogP contribution in [0.5, 0.6) is 0 Å². The lowest BCUT2D eigenvalue weighted by Crippen LogP contribution is -2.38. The third kappa shape index (κ3) is 5.73. The van der Waals surface area contributed by atoms with E-state index in [9.17, 15) is 9.59 Å². The van der Waals surface area contributed by atoms with Crippen LogP contribution in [0.25, 0.3) is 0 Å². The number of primary amides is 1. The van der Waals surface area contributed by atoms with Crippen molar-refractivity contribution in [1.29, 1.82) is 0 Å². The average molecular weight is 458 g/mol. The number of nitrogens with zero attached hydrogens (tertiary/aromatic N) is 2. The van der Waals surface area contributed by atoms with Crippen molar-refractivity contribution < 1.29 is 9.59 Å². The van der Waals surface area contributed by atoms with Crippen molar-refractivity contribution >= 4 is 34.6 Å². The summed E-state index contributed by atoms with van der Waals surface area (Å²) in [5.74, 6) is 0.566. The maximum Gasteiger partial charge on any atom is 0.252 e. The summed E-state index contributed by atoms with van der Waals surface area (Å²) in [6, 6.07) is 19.9. The second kappa shape index (κ2) is 10.8. The highest BCUT2D eigenvalue weighted by molar-refractivity contribution is 5.98. The number of aromatic nitrogens is 1. The van der Waals surface area contributed by atoms with Crippen molar-refractivity contribution in [2.45, 2.75) is 32.7 Å². The number of carbonyl (C=O) groups excluding carboxylic acids is 2. The molecule has 4 N–H and O–H groups in total. The van der Waals surface area contributed by atoms with Crippen LogP contribution in [0.4, 0.5) is 22.9 Å². The molecule has 0 bridgehead atoms. The third-order valence-electron chi connectivity index (χ3n) is 6.23. The Balaban J connectivity index is 1.44. The molecule has 176 valence electrons. The molecular formula is C27H31N5O2. The Labute approximate surface area is 200 Å². The van der Waals surface area contributed by atoms with E-state index in [0.717, 1.165) is 42.9 Å². The van der Waals surface area contributed by atoms with Gasteiger partial charge in [-0.1, -0.05) is 37.3 Å². The first kappa shape index (κ1) is 23.3. The molecule has 2 heterocycles. The van der Waals surface area contributed by atoms with Crippen LogP contribution >= 0.6 is 0 Å². The van der Waals surface area contributed by atoms with Gasteiger partial charge in [0.2, 0.25) is 0 Å². The van der Waals surface area contributed by atoms with Gasteiger partial charge in [-0.25, -0.2) is 4.98 Å². The summed E-state index contributed by atoms with van der Waals surface area (Å²) in [5.41, 5.74) is 9.62. The third-order valence-corrected chi connectivity index (χ3v) is 6.23. The SMILES string of the molecule is CCC(=O)[C@@H]1CCCN(c2ccc(Nc3cc(NCc4ccccc4)c(C(N)=O)cn3)cc2)C1. The van der Waals surface area contributed by atoms with Crippen molar-refractivity contribution in [3.8, 4) is 0 Å². The normalized spacial score (nSPS) is 15.6. The number of Topliss-reactive ketones (excluding diaryl/α,β-unsaturated/α-hetero) is 1. The fourth-order valence-electron chi connectivity index (χ4n) is 4.33. The second-order valence-electron chi connectivity index (χ2n) is 8.60. The van der Waals surface area contributed by atoms with Gasteiger partial charge < -0.3 is 21.3 Å². The zero-order chi connectivity index (χ0) is 23.9. The first-order valence-electron chi connectivity index (χ1n) is 11.8. The zero-order valence-electron chi connectivity index (χ0n) is 19.5. The first-order chi connectivity index (χ1) is 16.5. The molecule has 0 aliphatic carbocycles. The minimum absolute atomic E-state index is 0.131. The van der Waals surface area contributed by atoms with E-state index in [1.54, 1.807) is 6.07 Å². The van der Waals surface area contributed by atoms with Crippen LogP contribution in [-0.4, -0.2) is 29.8 Å². The highest BCUT2D eigenvalue weighted by atomic mass is 16.1. The van der Waals surface area contributed by atoms with Crippen LogP contribution in [0.1, 0.15) is 42.1 Å². The van der Waals surface area contributed by atoms with Gasteiger partial charge in [0.25, 0.3) is 5.91 Å². The average Bonchev–Trinajstić information content (AvgIpc) is 2.88. The zero-order valence-corrected chi connectivity index (χ0v) is 19.5. The topological polar surface area (TPSA) is 100 Å². The maximum atomic E-state index is 12.1. The van der Waals surface area contributed by atoms with Gasteiger partial charge in [-0.2, -0.15) is 0 Å². The van der Waals surface area contributed by atoms with Gasteiger partial charge in [-0.15, -0.1) is 0 Å². The van der Waals surface area contributed by atoms with Crippen LogP contribution in [0.3, 0.4) is 0 Å². The number of benzene rings is 2. The number of anilines is 4. The molecule has 7 nitrogen and oxygen atoms in total. The number of rotatable bonds is 9. The van der Waals surface area contributed by atoms with Crippen LogP contribution < -0.4 is 21.3 Å². The lowest BCUT2D eigenvalue weighted by atomic mass is 9.92. The summed E-state index contributed by atoms with van der Waals surface area (Å²) in [5, 5.41) is 6.59. The summed E-state index contributed by atoms with van der Waals surface area (Å²) in [6.45, 7) is 4.25. The predicted octanol–water partition coefficient (Wildman–Crippen LogP) is 4.73. The van der Waals surface area contributed by atoms with Crippen LogP contribution in [0, 0.1) is 5.92 Å². The molecule has 1 aliphatic heterocycles. The highest BCUT2D eigenvalue weighted by Crippen LogP contribution is 2.27. The van der Waals surface area contributed by atoms with E-state index in [0.29, 0.717) is 35.8 Å². The van der Waals surface area contributed by atoms with Crippen LogP contribution in [0.2, 0.25) is 0 Å². The minimum atomic E-state index is -0.527. The smallest absolute Gasteiger partial charge is 0.252 e. The molecule has 3 aromatic rings. The van der Waals surface area contributed by atoms with Crippen LogP contribution in [0.15, 0.2) is 66.9 Å². The van der Waals surface area contributed by atoms with Crippen LogP contribution in [-0.2, 0) is 11.3 Å². The molecule has 1 fully saturated rings. The van der Waals surface area contributed by atoms with Gasteiger partial charge >= 0.3 is 0 Å². The standard InChI is InChI=1S/C27H31N5O2/c1-2-25(33)20-9-6-14-32(18-20)22-12-10-21(11-13-22)31-26-15-24(23(17-30-26)27(28)34)29-16-19-7-4-3-5-8-19/h3-5,7-8,10-13,15,17,20H,2,6,9,14,16,18H2,1H3,(H2,28,34)(H2,29,30,31)/t20-/m1/s1. The Kier molecular flexibility index (Phi) is 7.42. The van der Waals surface area contributed by atoms with Crippen molar-refractivity contribution in [2.24, 2.45) is 11.7 Å². The molecule has 7 heteroatoms. The monoisotopic (exact) mass is 457 g/mol. The lowest BCUT2D eigenvalue weighted by molar-refractivity contribution is -0.122. The molecule has 0 spiro atoms. The van der Waals surface area contributed by atoms with Gasteiger partial charge in [-0.3, -0.25) is 9.59 Å². The molecular weight excluding hydrogens is 426 g/mol. The predicted molar refractivity (Wildman–Crippen MR) is 136 cm³/mol. The summed E-state index contributed by atoms with van der Waals surface area (Å²) in [4.78, 5) is 30.7. The maximum absolute atomic E-state index is 12.1. The lowest BCUT2D eigenvalue weighted by Gasteiger charge is -2.33. The molecule has 4 rings (SSSR count). The van der Waals surface area contributed by atoms with E-state index in [2.05, 4.69) is 32.7 Å². The number of nitrogens with two attached hydrogens (primary N) is 1. The number of nitrogens with one attached hydrogen (secondary N) is 2. The van der Waals surface area contributed by atoms with E-state index in [1.807, 2.05) is 49.4 Å². The molecule has 1 amide bonds. The van der Waals surface area contributed by atoms with Gasteiger partial charge in [0.05, 0.1) is 11.3 Å². The van der Waals surface area contributed by atoms with Gasteiger partial charge in [-0.05, 0) is 42.7 Å². The van der Waals surface area contributed by atoms with Crippen molar-refractivity contribution in [1.82, 2.24) is 4.98 Å². The van der Waals surface area contributed by atoms with E-state index >= 15 is 0 Å². The number of carbonyl (C=O) groups is 2. The summed E-state index contributed by atoms with van der Waals surface area (Å²) < 4.78 is 0. The molecule has 0 radical (unpaired) electrons. The number of hydrogen-bond acceptors (Lipinski definition) is 6. The highest BCUT2D eigenvalue weighted by Gasteiger charge is 2.24. The Morgan fingerprint density at radius 3 is 2.59 bits per heavy atom. The summed E-state index contributed by atoms with van der Waals surface area (Å²) in [6.07, 6.45) is 4.11. The molecule has 1 saturated heterocycles. The summed E-state index contributed by atoms with van der Waals surface area (Å²) in [7, 11) is 0. The van der Waals surface area contributed by atoms with Gasteiger partial charge in [0.1, 0.15) is 11.6 Å². The van der Waals surface area contributed by atoms with Crippen molar-refractivity contribution in [3.05, 3.63) is 78.0 Å². The minimum Gasteiger partial charge on any atom is -0.380 e. The molecule has 1 atom stereocenters. The number of ketones is 1. The Hall–Kier alpha value is -3.87. The van der Waals surface area contributed by atoms with E-state index in [-0.39, 0.29) is 5.92 Å². The molecule has 0 saturated carbocycles. The van der Waals surface area contributed by atoms with Crippen molar-refractivity contribution in [2.75, 3.05) is 28.6 Å². The fraction of sp³-hybridized carbons (Fsp3) is 0.296. The Bertz CT molecular complexity index is 1130. The van der Waals surface area contributed by atoms with Gasteiger partial charge in [0, 0.05) is 55.6 Å². The summed E-state index contributed by atoms with van der Waals surface area (Å²) >= 11 is 0. The number of amides is 1. The number of piperidine rings is 1. The Morgan fingerprint density at radius 1 is 1.12 bits per heavy atom. The van der Waals surface area contributed by atoms with Gasteiger partial charge in [0.15, 0.2) is 0 Å². The molecule has 34 heavy (non-hydrogen) atoms. The molecule has 1 aromatic heterocycles. The second-order valence-corrected chi connectivity index (χ2v) is 8.60. The largest absolute Gasteiger partial charge is 0.380 e. The number of pyridine rings is 1. The fourth-order valence-corrected chi connectivity index (χ4v) is 4.33. The molecule has 2 aromatic carbocycles. The molecule has 1 aliphatic rings. The first-order valence-corrected chi connectivity index (χ1v) is 11.8. The quantitative estimate of drug-likeness (QED) is 0.429. The van der Waals surface area contributed by atoms with E-state index in [4.69, 9.17) is 5.73 Å². The number of hydrogen-bond donors (Lipinski definition) is 3. The Morgan fingerprint density at radius 2 is 1.88 bits per heavy atom.